The minimum Gasteiger partial charge on any atom is -0.548 e. The van der Waals surface area contributed by atoms with Crippen molar-refractivity contribution in [2.24, 2.45) is 5.92 Å². The van der Waals surface area contributed by atoms with E-state index in [1.54, 1.807) is 18.7 Å². The van der Waals surface area contributed by atoms with Gasteiger partial charge in [0.15, 0.2) is 0 Å². The number of amides is 1. The summed E-state index contributed by atoms with van der Waals surface area (Å²) in [5.74, 6) is -0.332. The second-order valence-corrected chi connectivity index (χ2v) is 5.62. The second kappa shape index (κ2) is 5.57. The molecule has 5 heteroatoms. The van der Waals surface area contributed by atoms with E-state index in [1.807, 2.05) is 0 Å². The van der Waals surface area contributed by atoms with E-state index in [9.17, 15) is 14.7 Å². The van der Waals surface area contributed by atoms with Crippen LogP contribution in [-0.4, -0.2) is 33.9 Å². The summed E-state index contributed by atoms with van der Waals surface area (Å²) in [4.78, 5) is 24.2. The number of nitrogens with zero attached hydrogens (tertiary/aromatic N) is 1. The monoisotopic (exact) mass is 244 g/mol. The van der Waals surface area contributed by atoms with Gasteiger partial charge in [0, 0.05) is 12.2 Å². The Kier molecular flexibility index (Phi) is 4.65. The van der Waals surface area contributed by atoms with Gasteiger partial charge in [-0.25, -0.2) is 0 Å². The summed E-state index contributed by atoms with van der Waals surface area (Å²) >= 11 is 1.54. The molecule has 0 aromatic carbocycles. The van der Waals surface area contributed by atoms with Crippen molar-refractivity contribution in [1.82, 2.24) is 4.90 Å². The zero-order valence-corrected chi connectivity index (χ0v) is 10.8. The number of carbonyl (C=O) groups is 2. The molecule has 0 spiro atoms. The van der Waals surface area contributed by atoms with Crippen LogP contribution < -0.4 is 5.11 Å². The number of hydrogen-bond donors (Lipinski definition) is 0. The minimum absolute atomic E-state index is 0.00431. The molecule has 1 rings (SSSR count). The van der Waals surface area contributed by atoms with Crippen LogP contribution in [-0.2, 0) is 9.59 Å². The molecule has 0 radical (unpaired) electrons. The molecule has 0 bridgehead atoms. The third-order valence-corrected chi connectivity index (χ3v) is 3.94. The van der Waals surface area contributed by atoms with E-state index in [2.05, 4.69) is 13.8 Å². The molecule has 92 valence electrons. The van der Waals surface area contributed by atoms with Crippen LogP contribution in [0.25, 0.3) is 0 Å². The predicted octanol–water partition coefficient (Wildman–Crippen LogP) is 0.462. The van der Waals surface area contributed by atoms with Gasteiger partial charge in [0.2, 0.25) is 5.91 Å². The highest BCUT2D eigenvalue weighted by Gasteiger charge is 2.37. The van der Waals surface area contributed by atoms with Crippen molar-refractivity contribution in [2.45, 2.75) is 45.0 Å². The van der Waals surface area contributed by atoms with Crippen molar-refractivity contribution in [2.75, 3.05) is 5.75 Å². The molecule has 2 atom stereocenters. The Bertz CT molecular complexity index is 280. The Morgan fingerprint density at radius 1 is 1.50 bits per heavy atom. The molecule has 0 aliphatic carbocycles. The summed E-state index contributed by atoms with van der Waals surface area (Å²) in [5, 5.41) is 10.9. The highest BCUT2D eigenvalue weighted by atomic mass is 32.2. The molecule has 0 N–H and O–H groups in total. The van der Waals surface area contributed by atoms with Gasteiger partial charge in [-0.3, -0.25) is 4.79 Å². The number of carboxylic acid groups (broad SMARTS) is 1. The highest BCUT2D eigenvalue weighted by Crippen LogP contribution is 2.33. The van der Waals surface area contributed by atoms with Crippen LogP contribution in [0.2, 0.25) is 0 Å². The summed E-state index contributed by atoms with van der Waals surface area (Å²) in [7, 11) is 0. The molecule has 1 amide bonds. The van der Waals surface area contributed by atoms with Crippen LogP contribution in [0.15, 0.2) is 0 Å². The molecular weight excluding hydrogens is 226 g/mol. The maximum absolute atomic E-state index is 11.7. The van der Waals surface area contributed by atoms with Gasteiger partial charge in [0.25, 0.3) is 0 Å². The Balaban J connectivity index is 2.79. The average Bonchev–Trinajstić information content (AvgIpc) is 2.59. The zero-order chi connectivity index (χ0) is 12.3. The van der Waals surface area contributed by atoms with Gasteiger partial charge >= 0.3 is 0 Å². The van der Waals surface area contributed by atoms with Crippen LogP contribution >= 0.6 is 11.8 Å². The Labute approximate surface area is 100 Å². The molecule has 1 heterocycles. The summed E-state index contributed by atoms with van der Waals surface area (Å²) < 4.78 is 0. The van der Waals surface area contributed by atoms with Crippen molar-refractivity contribution in [3.05, 3.63) is 0 Å². The fraction of sp³-hybridized carbons (Fsp3) is 0.818. The van der Waals surface area contributed by atoms with Gasteiger partial charge in [-0.05, 0) is 12.3 Å². The summed E-state index contributed by atoms with van der Waals surface area (Å²) in [6, 6.07) is -0.749. The van der Waals surface area contributed by atoms with E-state index >= 15 is 0 Å². The largest absolute Gasteiger partial charge is 0.548 e. The lowest BCUT2D eigenvalue weighted by molar-refractivity contribution is -0.310. The van der Waals surface area contributed by atoms with Crippen molar-refractivity contribution in [1.29, 1.82) is 0 Å². The molecule has 1 aliphatic heterocycles. The van der Waals surface area contributed by atoms with Crippen molar-refractivity contribution in [3.8, 4) is 0 Å². The van der Waals surface area contributed by atoms with Crippen molar-refractivity contribution >= 4 is 23.6 Å². The SMILES string of the molecule is CCC(=O)N1[C@H](CC(C)C)SC[C@@H]1C(=O)[O-]. The molecule has 1 saturated heterocycles. The minimum atomic E-state index is -1.14. The fourth-order valence-electron chi connectivity index (χ4n) is 1.85. The van der Waals surface area contributed by atoms with E-state index in [0.29, 0.717) is 18.1 Å². The molecule has 1 aliphatic rings. The first kappa shape index (κ1) is 13.4. The number of carbonyl (C=O) groups excluding carboxylic acids is 2. The van der Waals surface area contributed by atoms with Gasteiger partial charge in [0.05, 0.1) is 17.4 Å². The van der Waals surface area contributed by atoms with Crippen LogP contribution in [0.3, 0.4) is 0 Å². The average molecular weight is 244 g/mol. The summed E-state index contributed by atoms with van der Waals surface area (Å²) in [5.41, 5.74) is 0. The van der Waals surface area contributed by atoms with Crippen LogP contribution in [0.4, 0.5) is 0 Å². The molecule has 0 unspecified atom stereocenters. The zero-order valence-electron chi connectivity index (χ0n) is 9.93. The number of rotatable bonds is 4. The van der Waals surface area contributed by atoms with E-state index in [1.165, 1.54) is 4.90 Å². The first-order chi connectivity index (χ1) is 7.47. The van der Waals surface area contributed by atoms with E-state index in [0.717, 1.165) is 6.42 Å². The van der Waals surface area contributed by atoms with E-state index < -0.39 is 12.0 Å². The highest BCUT2D eigenvalue weighted by molar-refractivity contribution is 8.00. The van der Waals surface area contributed by atoms with Gasteiger partial charge < -0.3 is 14.8 Å². The third kappa shape index (κ3) is 2.90. The predicted molar refractivity (Wildman–Crippen MR) is 61.6 cm³/mol. The van der Waals surface area contributed by atoms with Crippen LogP contribution in [0, 0.1) is 5.92 Å². The lowest BCUT2D eigenvalue weighted by Crippen LogP contribution is -2.50. The molecule has 0 aromatic heterocycles. The Hall–Kier alpha value is -0.710. The smallest absolute Gasteiger partial charge is 0.223 e. The lowest BCUT2D eigenvalue weighted by atomic mass is 10.1. The molecule has 0 aromatic rings. The second-order valence-electron chi connectivity index (χ2n) is 4.41. The van der Waals surface area contributed by atoms with Crippen LogP contribution in [0.5, 0.6) is 0 Å². The normalized spacial score (nSPS) is 25.1. The van der Waals surface area contributed by atoms with E-state index in [4.69, 9.17) is 0 Å². The maximum Gasteiger partial charge on any atom is 0.223 e. The Morgan fingerprint density at radius 2 is 2.12 bits per heavy atom. The van der Waals surface area contributed by atoms with Crippen molar-refractivity contribution in [3.63, 3.8) is 0 Å². The fourth-order valence-corrected chi connectivity index (χ4v) is 3.49. The molecule has 4 nitrogen and oxygen atoms in total. The summed E-state index contributed by atoms with van der Waals surface area (Å²) in [6.07, 6.45) is 1.18. The topological polar surface area (TPSA) is 60.4 Å². The first-order valence-corrected chi connectivity index (χ1v) is 6.65. The Morgan fingerprint density at radius 3 is 2.56 bits per heavy atom. The van der Waals surface area contributed by atoms with Gasteiger partial charge in [-0.2, -0.15) is 0 Å². The van der Waals surface area contributed by atoms with Gasteiger partial charge in [-0.15, -0.1) is 11.8 Å². The number of carboxylic acids is 1. The standard InChI is InChI=1S/C11H19NO3S/c1-4-9(13)12-8(11(14)15)6-16-10(12)5-7(2)3/h7-8,10H,4-6H2,1-3H3,(H,14,15)/p-1/t8-,10+/m1/s1. The molecule has 0 saturated carbocycles. The van der Waals surface area contributed by atoms with Gasteiger partial charge in [0.1, 0.15) is 0 Å². The molecule has 16 heavy (non-hydrogen) atoms. The lowest BCUT2D eigenvalue weighted by Gasteiger charge is -2.30. The first-order valence-electron chi connectivity index (χ1n) is 5.61. The van der Waals surface area contributed by atoms with E-state index in [-0.39, 0.29) is 11.3 Å². The maximum atomic E-state index is 11.7. The quantitative estimate of drug-likeness (QED) is 0.721. The number of aliphatic carboxylic acids is 1. The summed E-state index contributed by atoms with van der Waals surface area (Å²) in [6.45, 7) is 5.90. The molecular formula is C11H18NO3S-. The van der Waals surface area contributed by atoms with Gasteiger partial charge in [-0.1, -0.05) is 20.8 Å². The number of thioether (sulfide) groups is 1. The third-order valence-electron chi connectivity index (χ3n) is 2.63. The molecule has 1 fully saturated rings. The van der Waals surface area contributed by atoms with Crippen molar-refractivity contribution < 1.29 is 14.7 Å². The number of hydrogen-bond acceptors (Lipinski definition) is 4. The van der Waals surface area contributed by atoms with Crippen LogP contribution in [0.1, 0.15) is 33.6 Å².